The molecule has 118 valence electrons. The summed E-state index contributed by atoms with van der Waals surface area (Å²) >= 11 is 1.58. The highest BCUT2D eigenvalue weighted by atomic mass is 32.2. The molecule has 1 aromatic carbocycles. The highest BCUT2D eigenvalue weighted by molar-refractivity contribution is 7.99. The molecule has 0 radical (unpaired) electrons. The van der Waals surface area contributed by atoms with Crippen molar-refractivity contribution in [2.24, 2.45) is 0 Å². The Kier molecular flexibility index (Phi) is 4.43. The molecule has 0 saturated carbocycles. The molecule has 0 atom stereocenters. The van der Waals surface area contributed by atoms with E-state index >= 15 is 0 Å². The molecule has 3 nitrogen and oxygen atoms in total. The summed E-state index contributed by atoms with van der Waals surface area (Å²) in [5.74, 6) is -0.866. The van der Waals surface area contributed by atoms with Crippen LogP contribution in [0, 0.1) is 11.8 Å². The standard InChI is InChI=1S/C17H15F2N3S/c1-10(2)23-17-21-15(11-3-5-13(18)6-4-11)16(22-17)12-7-8-20-14(19)9-12/h3-10H,1-2H3,(H,21,22). The Labute approximate surface area is 137 Å². The highest BCUT2D eigenvalue weighted by Gasteiger charge is 2.16. The molecular formula is C17H15F2N3S. The number of thioether (sulfide) groups is 1. The number of H-pyrrole nitrogens is 1. The Morgan fingerprint density at radius 2 is 1.78 bits per heavy atom. The second-order valence-electron chi connectivity index (χ2n) is 5.31. The first-order chi connectivity index (χ1) is 11.0. The summed E-state index contributed by atoms with van der Waals surface area (Å²) in [4.78, 5) is 11.4. The lowest BCUT2D eigenvalue weighted by Gasteiger charge is -2.03. The number of pyridine rings is 1. The topological polar surface area (TPSA) is 41.6 Å². The van der Waals surface area contributed by atoms with Crippen LogP contribution in [0.25, 0.3) is 22.5 Å². The fourth-order valence-electron chi connectivity index (χ4n) is 2.21. The van der Waals surface area contributed by atoms with E-state index in [9.17, 15) is 8.78 Å². The lowest BCUT2D eigenvalue weighted by Crippen LogP contribution is -1.88. The molecule has 0 aliphatic rings. The first kappa shape index (κ1) is 15.7. The number of rotatable bonds is 4. The zero-order chi connectivity index (χ0) is 16.4. The van der Waals surface area contributed by atoms with E-state index in [-0.39, 0.29) is 5.82 Å². The largest absolute Gasteiger partial charge is 0.332 e. The van der Waals surface area contributed by atoms with Crippen molar-refractivity contribution in [3.05, 3.63) is 54.4 Å². The van der Waals surface area contributed by atoms with Gasteiger partial charge in [0.25, 0.3) is 0 Å². The minimum absolute atomic E-state index is 0.304. The predicted octanol–water partition coefficient (Wildman–Crippen LogP) is 4.92. The molecule has 0 aliphatic carbocycles. The summed E-state index contributed by atoms with van der Waals surface area (Å²) in [5, 5.41) is 1.09. The van der Waals surface area contributed by atoms with E-state index in [2.05, 4.69) is 28.8 Å². The van der Waals surface area contributed by atoms with Gasteiger partial charge in [-0.05, 0) is 30.3 Å². The molecular weight excluding hydrogens is 316 g/mol. The van der Waals surface area contributed by atoms with Crippen molar-refractivity contribution in [2.45, 2.75) is 24.3 Å². The zero-order valence-corrected chi connectivity index (χ0v) is 13.5. The van der Waals surface area contributed by atoms with Gasteiger partial charge < -0.3 is 4.98 Å². The molecule has 0 aliphatic heterocycles. The van der Waals surface area contributed by atoms with Gasteiger partial charge in [0, 0.05) is 28.6 Å². The third kappa shape index (κ3) is 3.59. The molecule has 0 bridgehead atoms. The molecule has 0 spiro atoms. The van der Waals surface area contributed by atoms with Crippen molar-refractivity contribution in [3.63, 3.8) is 0 Å². The van der Waals surface area contributed by atoms with Crippen LogP contribution in [0.1, 0.15) is 13.8 Å². The Balaban J connectivity index is 2.12. The van der Waals surface area contributed by atoms with Crippen LogP contribution < -0.4 is 0 Å². The maximum absolute atomic E-state index is 13.5. The fourth-order valence-corrected chi connectivity index (χ4v) is 2.97. The minimum Gasteiger partial charge on any atom is -0.332 e. The van der Waals surface area contributed by atoms with Crippen molar-refractivity contribution in [3.8, 4) is 22.5 Å². The van der Waals surface area contributed by atoms with Gasteiger partial charge in [-0.1, -0.05) is 25.6 Å². The number of nitrogens with one attached hydrogen (secondary N) is 1. The van der Waals surface area contributed by atoms with Crippen molar-refractivity contribution in [1.29, 1.82) is 0 Å². The van der Waals surface area contributed by atoms with Crippen LogP contribution in [0.4, 0.5) is 8.78 Å². The third-order valence-electron chi connectivity index (χ3n) is 3.16. The first-order valence-corrected chi connectivity index (χ1v) is 8.05. The maximum Gasteiger partial charge on any atom is 0.213 e. The molecule has 0 saturated heterocycles. The van der Waals surface area contributed by atoms with Crippen LogP contribution in [0.3, 0.4) is 0 Å². The second-order valence-corrected chi connectivity index (χ2v) is 6.87. The fraction of sp³-hybridized carbons (Fsp3) is 0.176. The lowest BCUT2D eigenvalue weighted by molar-refractivity contribution is 0.584. The van der Waals surface area contributed by atoms with Gasteiger partial charge in [-0.3, -0.25) is 0 Å². The van der Waals surface area contributed by atoms with Crippen LogP contribution in [0.5, 0.6) is 0 Å². The Bertz CT molecular complexity index is 813. The van der Waals surface area contributed by atoms with Crippen LogP contribution >= 0.6 is 11.8 Å². The van der Waals surface area contributed by atoms with E-state index in [0.717, 1.165) is 16.4 Å². The number of aromatic nitrogens is 3. The molecule has 2 aromatic heterocycles. The van der Waals surface area contributed by atoms with Gasteiger partial charge in [-0.25, -0.2) is 14.4 Å². The second kappa shape index (κ2) is 6.50. The first-order valence-electron chi connectivity index (χ1n) is 7.17. The molecule has 3 aromatic rings. The molecule has 2 heterocycles. The average molecular weight is 331 g/mol. The molecule has 0 amide bonds. The zero-order valence-electron chi connectivity index (χ0n) is 12.7. The third-order valence-corrected chi connectivity index (χ3v) is 4.05. The van der Waals surface area contributed by atoms with Gasteiger partial charge in [0.2, 0.25) is 5.95 Å². The van der Waals surface area contributed by atoms with E-state index in [0.29, 0.717) is 16.5 Å². The van der Waals surface area contributed by atoms with E-state index in [1.54, 1.807) is 30.0 Å². The Morgan fingerprint density at radius 3 is 2.43 bits per heavy atom. The molecule has 1 N–H and O–H groups in total. The monoisotopic (exact) mass is 331 g/mol. The van der Waals surface area contributed by atoms with Crippen LogP contribution in [0.2, 0.25) is 0 Å². The van der Waals surface area contributed by atoms with Gasteiger partial charge in [-0.15, -0.1) is 0 Å². The molecule has 0 unspecified atom stereocenters. The summed E-state index contributed by atoms with van der Waals surface area (Å²) in [6.07, 6.45) is 1.41. The quantitative estimate of drug-likeness (QED) is 0.545. The number of imidazole rings is 1. The van der Waals surface area contributed by atoms with Crippen molar-refractivity contribution < 1.29 is 8.78 Å². The van der Waals surface area contributed by atoms with Crippen molar-refractivity contribution in [1.82, 2.24) is 15.0 Å². The number of aromatic amines is 1. The summed E-state index contributed by atoms with van der Waals surface area (Å²) < 4.78 is 26.6. The summed E-state index contributed by atoms with van der Waals surface area (Å²) in [5.41, 5.74) is 2.78. The van der Waals surface area contributed by atoms with Gasteiger partial charge in [-0.2, -0.15) is 4.39 Å². The highest BCUT2D eigenvalue weighted by Crippen LogP contribution is 2.33. The predicted molar refractivity (Wildman–Crippen MR) is 88.2 cm³/mol. The number of halogens is 2. The molecule has 0 fully saturated rings. The lowest BCUT2D eigenvalue weighted by atomic mass is 10.1. The SMILES string of the molecule is CC(C)Sc1nc(-c2ccnc(F)c2)c(-c2ccc(F)cc2)[nH]1. The summed E-state index contributed by atoms with van der Waals surface area (Å²) in [7, 11) is 0. The van der Waals surface area contributed by atoms with E-state index < -0.39 is 5.95 Å². The van der Waals surface area contributed by atoms with Gasteiger partial charge >= 0.3 is 0 Å². The van der Waals surface area contributed by atoms with Gasteiger partial charge in [0.15, 0.2) is 5.16 Å². The van der Waals surface area contributed by atoms with Crippen molar-refractivity contribution in [2.75, 3.05) is 0 Å². The van der Waals surface area contributed by atoms with E-state index in [1.807, 2.05) is 0 Å². The van der Waals surface area contributed by atoms with Crippen molar-refractivity contribution >= 4 is 11.8 Å². The number of hydrogen-bond acceptors (Lipinski definition) is 3. The normalized spacial score (nSPS) is 11.2. The number of hydrogen-bond donors (Lipinski definition) is 1. The molecule has 23 heavy (non-hydrogen) atoms. The number of benzene rings is 1. The molecule has 6 heteroatoms. The number of nitrogens with zero attached hydrogens (tertiary/aromatic N) is 2. The van der Waals surface area contributed by atoms with Gasteiger partial charge in [0.05, 0.1) is 11.4 Å². The maximum atomic E-state index is 13.5. The van der Waals surface area contributed by atoms with Crippen LogP contribution in [-0.2, 0) is 0 Å². The smallest absolute Gasteiger partial charge is 0.213 e. The minimum atomic E-state index is -0.561. The summed E-state index contributed by atoms with van der Waals surface area (Å²) in [6.45, 7) is 4.13. The van der Waals surface area contributed by atoms with Gasteiger partial charge in [0.1, 0.15) is 5.82 Å². The van der Waals surface area contributed by atoms with E-state index in [1.165, 1.54) is 24.4 Å². The van der Waals surface area contributed by atoms with Crippen LogP contribution in [0.15, 0.2) is 47.8 Å². The van der Waals surface area contributed by atoms with E-state index in [4.69, 9.17) is 0 Å². The van der Waals surface area contributed by atoms with Crippen LogP contribution in [-0.4, -0.2) is 20.2 Å². The summed E-state index contributed by atoms with van der Waals surface area (Å²) in [6, 6.07) is 9.18. The molecule has 3 rings (SSSR count). The Morgan fingerprint density at radius 1 is 1.04 bits per heavy atom. The average Bonchev–Trinajstić information content (AvgIpc) is 2.91. The Hall–Kier alpha value is -2.21.